The van der Waals surface area contributed by atoms with Crippen LogP contribution in [-0.4, -0.2) is 51.4 Å². The molecule has 1 amide bonds. The number of H-pyrrole nitrogens is 1. The number of carbonyl (C=O) groups is 1. The predicted molar refractivity (Wildman–Crippen MR) is 106 cm³/mol. The molecule has 1 fully saturated rings. The van der Waals surface area contributed by atoms with E-state index in [0.29, 0.717) is 42.5 Å². The molecule has 8 nitrogen and oxygen atoms in total. The number of carbonyl (C=O) groups excluding carboxylic acids is 1. The van der Waals surface area contributed by atoms with Gasteiger partial charge in [0, 0.05) is 31.3 Å². The molecule has 1 aromatic carbocycles. The third-order valence-electron chi connectivity index (χ3n) is 5.27. The van der Waals surface area contributed by atoms with Crippen LogP contribution >= 0.6 is 0 Å². The van der Waals surface area contributed by atoms with Crippen LogP contribution in [0.3, 0.4) is 0 Å². The normalized spacial score (nSPS) is 16.9. The highest BCUT2D eigenvalue weighted by Gasteiger charge is 2.35. The molecular weight excluding hydrogens is 370 g/mol. The van der Waals surface area contributed by atoms with E-state index in [1.165, 1.54) is 0 Å². The molecule has 2 aromatic heterocycles. The monoisotopic (exact) mass is 395 g/mol. The smallest absolute Gasteiger partial charge is 0.258 e. The van der Waals surface area contributed by atoms with Gasteiger partial charge < -0.3 is 14.2 Å². The lowest BCUT2D eigenvalue weighted by molar-refractivity contribution is 0.0561. The molecule has 1 atom stereocenters. The number of amides is 1. The van der Waals surface area contributed by atoms with E-state index in [-0.39, 0.29) is 11.9 Å². The third kappa shape index (κ3) is 3.93. The van der Waals surface area contributed by atoms with Crippen LogP contribution in [0.4, 0.5) is 0 Å². The summed E-state index contributed by atoms with van der Waals surface area (Å²) in [5.74, 6) is 1.03. The number of hydrogen-bond acceptors (Lipinski definition) is 6. The quantitative estimate of drug-likeness (QED) is 0.688. The van der Waals surface area contributed by atoms with Crippen molar-refractivity contribution in [2.24, 2.45) is 0 Å². The van der Waals surface area contributed by atoms with E-state index in [0.717, 1.165) is 30.5 Å². The number of nitrogens with zero attached hydrogens (tertiary/aromatic N) is 4. The van der Waals surface area contributed by atoms with Crippen LogP contribution in [0.2, 0.25) is 0 Å². The maximum absolute atomic E-state index is 13.6. The maximum Gasteiger partial charge on any atom is 0.258 e. The van der Waals surface area contributed by atoms with Gasteiger partial charge in [0.15, 0.2) is 5.82 Å². The average Bonchev–Trinajstić information content (AvgIpc) is 3.39. The van der Waals surface area contributed by atoms with Crippen molar-refractivity contribution in [3.8, 4) is 11.3 Å². The fourth-order valence-electron chi connectivity index (χ4n) is 3.77. The minimum atomic E-state index is -0.224. The van der Waals surface area contributed by atoms with Crippen molar-refractivity contribution in [1.29, 1.82) is 0 Å². The fraction of sp³-hybridized carbons (Fsp3) is 0.429. The van der Waals surface area contributed by atoms with Gasteiger partial charge in [-0.3, -0.25) is 9.89 Å². The molecule has 1 unspecified atom stereocenters. The van der Waals surface area contributed by atoms with E-state index >= 15 is 0 Å². The Hall–Kier alpha value is -3.00. The first-order valence-corrected chi connectivity index (χ1v) is 9.91. The van der Waals surface area contributed by atoms with Crippen molar-refractivity contribution in [1.82, 2.24) is 25.2 Å². The van der Waals surface area contributed by atoms with E-state index in [2.05, 4.69) is 20.3 Å². The lowest BCUT2D eigenvalue weighted by Gasteiger charge is -2.33. The molecule has 1 aliphatic rings. The molecule has 0 aliphatic carbocycles. The SMILES string of the molecule is COCCc1noc(C2CCCCN2C(=O)c2c(-c3ccccc3)n[nH]c2C)n1. The number of piperidine rings is 1. The summed E-state index contributed by atoms with van der Waals surface area (Å²) in [7, 11) is 1.64. The standard InChI is InChI=1S/C21H25N5O3/c1-14-18(19(24-23-14)15-8-4-3-5-9-15)21(27)26-12-7-6-10-16(26)20-22-17(25-29-20)11-13-28-2/h3-5,8-9,16H,6-7,10-13H2,1-2H3,(H,23,24). The number of rotatable bonds is 6. The van der Waals surface area contributed by atoms with E-state index in [9.17, 15) is 4.79 Å². The van der Waals surface area contributed by atoms with Gasteiger partial charge in [-0.25, -0.2) is 0 Å². The van der Waals surface area contributed by atoms with Crippen molar-refractivity contribution in [2.75, 3.05) is 20.3 Å². The highest BCUT2D eigenvalue weighted by Crippen LogP contribution is 2.33. The summed E-state index contributed by atoms with van der Waals surface area (Å²) in [6, 6.07) is 9.52. The molecule has 0 radical (unpaired) electrons. The Labute approximate surface area is 169 Å². The van der Waals surface area contributed by atoms with E-state index in [1.807, 2.05) is 42.2 Å². The molecule has 1 aliphatic heterocycles. The lowest BCUT2D eigenvalue weighted by atomic mass is 9.99. The summed E-state index contributed by atoms with van der Waals surface area (Å²) in [6.07, 6.45) is 3.35. The highest BCUT2D eigenvalue weighted by atomic mass is 16.5. The van der Waals surface area contributed by atoms with Gasteiger partial charge in [0.1, 0.15) is 11.7 Å². The number of nitrogens with one attached hydrogen (secondary N) is 1. The summed E-state index contributed by atoms with van der Waals surface area (Å²) in [5.41, 5.74) is 2.93. The Morgan fingerprint density at radius 3 is 2.93 bits per heavy atom. The van der Waals surface area contributed by atoms with Gasteiger partial charge in [0.25, 0.3) is 5.91 Å². The summed E-state index contributed by atoms with van der Waals surface area (Å²) >= 11 is 0. The molecule has 1 saturated heterocycles. The molecule has 152 valence electrons. The number of benzene rings is 1. The number of hydrogen-bond donors (Lipinski definition) is 1. The van der Waals surface area contributed by atoms with Crippen molar-refractivity contribution in [3.05, 3.63) is 53.3 Å². The molecule has 1 N–H and O–H groups in total. The number of ether oxygens (including phenoxy) is 1. The molecule has 3 aromatic rings. The van der Waals surface area contributed by atoms with Gasteiger partial charge in [-0.15, -0.1) is 0 Å². The molecule has 0 saturated carbocycles. The molecule has 8 heteroatoms. The molecule has 29 heavy (non-hydrogen) atoms. The topological polar surface area (TPSA) is 97.1 Å². The lowest BCUT2D eigenvalue weighted by Crippen LogP contribution is -2.39. The number of methoxy groups -OCH3 is 1. The number of aromatic nitrogens is 4. The van der Waals surface area contributed by atoms with E-state index in [1.54, 1.807) is 7.11 Å². The van der Waals surface area contributed by atoms with Crippen molar-refractivity contribution < 1.29 is 14.1 Å². The van der Waals surface area contributed by atoms with Crippen molar-refractivity contribution in [3.63, 3.8) is 0 Å². The second-order valence-corrected chi connectivity index (χ2v) is 7.24. The summed E-state index contributed by atoms with van der Waals surface area (Å²) < 4.78 is 10.6. The molecule has 4 rings (SSSR count). The number of aromatic amines is 1. The predicted octanol–water partition coefficient (Wildman–Crippen LogP) is 3.32. The zero-order valence-corrected chi connectivity index (χ0v) is 16.7. The second kappa shape index (κ2) is 8.57. The molecular formula is C21H25N5O3. The third-order valence-corrected chi connectivity index (χ3v) is 5.27. The first kappa shape index (κ1) is 19.3. The number of likely N-dealkylation sites (tertiary alicyclic amines) is 1. The first-order chi connectivity index (χ1) is 14.2. The van der Waals surface area contributed by atoms with Crippen LogP contribution in [0.1, 0.15) is 53.1 Å². The summed E-state index contributed by atoms with van der Waals surface area (Å²) in [4.78, 5) is 20.0. The Morgan fingerprint density at radius 2 is 2.14 bits per heavy atom. The van der Waals surface area contributed by atoms with Crippen LogP contribution in [0.5, 0.6) is 0 Å². The maximum atomic E-state index is 13.6. The van der Waals surface area contributed by atoms with Gasteiger partial charge in [0.2, 0.25) is 5.89 Å². The molecule has 3 heterocycles. The van der Waals surface area contributed by atoms with Gasteiger partial charge in [-0.2, -0.15) is 10.1 Å². The first-order valence-electron chi connectivity index (χ1n) is 9.91. The minimum absolute atomic E-state index is 0.0588. The number of aryl methyl sites for hydroxylation is 1. The Balaban J connectivity index is 1.64. The Kier molecular flexibility index (Phi) is 5.71. The van der Waals surface area contributed by atoms with Gasteiger partial charge in [-0.1, -0.05) is 35.5 Å². The fourth-order valence-corrected chi connectivity index (χ4v) is 3.77. The minimum Gasteiger partial charge on any atom is -0.384 e. The van der Waals surface area contributed by atoms with Gasteiger partial charge >= 0.3 is 0 Å². The Morgan fingerprint density at radius 1 is 1.31 bits per heavy atom. The largest absolute Gasteiger partial charge is 0.384 e. The van der Waals surface area contributed by atoms with E-state index < -0.39 is 0 Å². The summed E-state index contributed by atoms with van der Waals surface area (Å²) in [6.45, 7) is 3.06. The van der Waals surface area contributed by atoms with Gasteiger partial charge in [0.05, 0.1) is 12.2 Å². The van der Waals surface area contributed by atoms with Crippen molar-refractivity contribution >= 4 is 5.91 Å². The molecule has 0 spiro atoms. The zero-order valence-electron chi connectivity index (χ0n) is 16.7. The average molecular weight is 395 g/mol. The summed E-state index contributed by atoms with van der Waals surface area (Å²) in [5, 5.41) is 11.4. The highest BCUT2D eigenvalue weighted by molar-refractivity contribution is 6.01. The zero-order chi connectivity index (χ0) is 20.2. The second-order valence-electron chi connectivity index (χ2n) is 7.24. The van der Waals surface area contributed by atoms with Crippen LogP contribution in [-0.2, 0) is 11.2 Å². The van der Waals surface area contributed by atoms with Crippen LogP contribution in [0.15, 0.2) is 34.9 Å². The van der Waals surface area contributed by atoms with Crippen LogP contribution in [0, 0.1) is 6.92 Å². The molecule has 0 bridgehead atoms. The van der Waals surface area contributed by atoms with E-state index in [4.69, 9.17) is 9.26 Å². The van der Waals surface area contributed by atoms with Crippen molar-refractivity contribution in [2.45, 2.75) is 38.6 Å². The Bertz CT molecular complexity index is 966. The van der Waals surface area contributed by atoms with Crippen LogP contribution < -0.4 is 0 Å². The van der Waals surface area contributed by atoms with Gasteiger partial charge in [-0.05, 0) is 26.2 Å². The van der Waals surface area contributed by atoms with Crippen LogP contribution in [0.25, 0.3) is 11.3 Å².